The summed E-state index contributed by atoms with van der Waals surface area (Å²) in [6.07, 6.45) is 9.86. The van der Waals surface area contributed by atoms with E-state index in [4.69, 9.17) is 0 Å². The fraction of sp³-hybridized carbons (Fsp3) is 0.720. The highest BCUT2D eigenvalue weighted by Crippen LogP contribution is 2.65. The zero-order chi connectivity index (χ0) is 19.1. The Morgan fingerprint density at radius 3 is 2.15 bits per heavy atom. The number of benzene rings is 1. The molecule has 0 spiro atoms. The molecule has 4 fully saturated rings. The van der Waals surface area contributed by atoms with Crippen molar-refractivity contribution < 1.29 is 9.69 Å². The molecule has 148 valence electrons. The molecule has 2 atom stereocenters. The molecule has 1 aromatic carbocycles. The Morgan fingerprint density at radius 2 is 1.59 bits per heavy atom. The highest BCUT2D eigenvalue weighted by molar-refractivity contribution is 5.86. The third-order valence-electron chi connectivity index (χ3n) is 7.93. The number of ketones is 1. The molecule has 0 aromatic heterocycles. The van der Waals surface area contributed by atoms with Gasteiger partial charge in [0.1, 0.15) is 6.54 Å². The Bertz CT molecular complexity index is 656. The van der Waals surface area contributed by atoms with Crippen LogP contribution in [-0.4, -0.2) is 25.4 Å². The van der Waals surface area contributed by atoms with E-state index in [2.05, 4.69) is 45.0 Å². The quantitative estimate of drug-likeness (QED) is 0.733. The summed E-state index contributed by atoms with van der Waals surface area (Å²) in [6.45, 7) is 9.73. The Kier molecular flexibility index (Phi) is 5.22. The van der Waals surface area contributed by atoms with Crippen molar-refractivity contribution in [3.8, 4) is 0 Å². The van der Waals surface area contributed by atoms with Crippen molar-refractivity contribution in [1.29, 1.82) is 0 Å². The van der Waals surface area contributed by atoms with E-state index in [1.165, 1.54) is 61.0 Å². The van der Waals surface area contributed by atoms with E-state index in [0.29, 0.717) is 5.78 Å². The number of hydrogen-bond acceptors (Lipinski definition) is 1. The molecule has 0 heterocycles. The van der Waals surface area contributed by atoms with Gasteiger partial charge in [-0.15, -0.1) is 0 Å². The number of carbonyl (C=O) groups is 1. The number of rotatable bonds is 8. The summed E-state index contributed by atoms with van der Waals surface area (Å²) in [5.41, 5.74) is 3.13. The van der Waals surface area contributed by atoms with E-state index < -0.39 is 0 Å². The fourth-order valence-electron chi connectivity index (χ4n) is 7.26. The van der Waals surface area contributed by atoms with Gasteiger partial charge in [-0.3, -0.25) is 4.79 Å². The summed E-state index contributed by atoms with van der Waals surface area (Å²) >= 11 is 0. The van der Waals surface area contributed by atoms with E-state index in [1.54, 1.807) is 0 Å². The summed E-state index contributed by atoms with van der Waals surface area (Å²) in [4.78, 5) is 15.2. The molecule has 0 aliphatic heterocycles. The van der Waals surface area contributed by atoms with Crippen LogP contribution >= 0.6 is 0 Å². The lowest BCUT2D eigenvalue weighted by molar-refractivity contribution is -0.892. The average molecular weight is 369 g/mol. The lowest BCUT2D eigenvalue weighted by Crippen LogP contribution is -3.13. The molecule has 0 radical (unpaired) electrons. The molecule has 2 nitrogen and oxygen atoms in total. The van der Waals surface area contributed by atoms with E-state index in [1.807, 2.05) is 0 Å². The smallest absolute Gasteiger partial charge is 0.192 e. The highest BCUT2D eigenvalue weighted by atomic mass is 16.1. The zero-order valence-electron chi connectivity index (χ0n) is 17.7. The maximum atomic E-state index is 13.7. The summed E-state index contributed by atoms with van der Waals surface area (Å²) < 4.78 is 0. The third kappa shape index (κ3) is 3.50. The van der Waals surface area contributed by atoms with Crippen molar-refractivity contribution in [2.45, 2.75) is 77.6 Å². The van der Waals surface area contributed by atoms with Crippen molar-refractivity contribution in [2.24, 2.45) is 17.3 Å². The molecule has 4 aliphatic carbocycles. The van der Waals surface area contributed by atoms with Crippen molar-refractivity contribution in [3.63, 3.8) is 0 Å². The third-order valence-corrected chi connectivity index (χ3v) is 7.93. The molecule has 0 amide bonds. The lowest BCUT2D eigenvalue weighted by Gasteiger charge is -2.61. The van der Waals surface area contributed by atoms with Crippen LogP contribution in [0.25, 0.3) is 0 Å². The predicted octanol–water partition coefficient (Wildman–Crippen LogP) is 4.11. The van der Waals surface area contributed by atoms with Crippen LogP contribution in [0.5, 0.6) is 0 Å². The minimum Gasteiger partial charge on any atom is -0.329 e. The molecule has 1 N–H and O–H groups in total. The zero-order valence-corrected chi connectivity index (χ0v) is 17.7. The van der Waals surface area contributed by atoms with Crippen molar-refractivity contribution in [3.05, 3.63) is 35.4 Å². The lowest BCUT2D eigenvalue weighted by atomic mass is 9.42. The second-order valence-corrected chi connectivity index (χ2v) is 10.2. The van der Waals surface area contributed by atoms with Gasteiger partial charge in [0.2, 0.25) is 0 Å². The Hall–Kier alpha value is -1.15. The number of aryl methyl sites for hydroxylation is 1. The standard InChI is InChI=1S/C25H37NO/c1-4-10-26(11-5-2)17-23(27)25-15-20-12-21(16-25)14-24(13-20,18-25)22-8-6-19(3)7-9-22/h6-9,20-21H,4-5,10-18H2,1-3H3/p+1. The van der Waals surface area contributed by atoms with Gasteiger partial charge in [0.15, 0.2) is 5.78 Å². The van der Waals surface area contributed by atoms with Gasteiger partial charge in [0, 0.05) is 5.41 Å². The molecule has 27 heavy (non-hydrogen) atoms. The van der Waals surface area contributed by atoms with Crippen LogP contribution in [0.2, 0.25) is 0 Å². The van der Waals surface area contributed by atoms with Crippen LogP contribution in [0.15, 0.2) is 24.3 Å². The maximum absolute atomic E-state index is 13.7. The molecule has 4 aliphatic rings. The van der Waals surface area contributed by atoms with Crippen molar-refractivity contribution in [1.82, 2.24) is 0 Å². The molecular weight excluding hydrogens is 330 g/mol. The van der Waals surface area contributed by atoms with Crippen LogP contribution in [0.4, 0.5) is 0 Å². The van der Waals surface area contributed by atoms with Gasteiger partial charge in [-0.1, -0.05) is 43.7 Å². The van der Waals surface area contributed by atoms with Crippen LogP contribution in [0.3, 0.4) is 0 Å². The van der Waals surface area contributed by atoms with Gasteiger partial charge in [-0.05, 0) is 81.1 Å². The number of nitrogens with one attached hydrogen (secondary N) is 1. The van der Waals surface area contributed by atoms with Crippen LogP contribution in [-0.2, 0) is 10.2 Å². The van der Waals surface area contributed by atoms with Crippen LogP contribution < -0.4 is 4.90 Å². The second-order valence-electron chi connectivity index (χ2n) is 10.2. The molecule has 4 bridgehead atoms. The fourth-order valence-corrected chi connectivity index (χ4v) is 7.26. The summed E-state index contributed by atoms with van der Waals surface area (Å²) in [5, 5.41) is 0. The molecule has 5 rings (SSSR count). The molecule has 4 saturated carbocycles. The minimum absolute atomic E-state index is 0.0122. The van der Waals surface area contributed by atoms with Crippen LogP contribution in [0.1, 0.15) is 76.3 Å². The van der Waals surface area contributed by atoms with Crippen molar-refractivity contribution in [2.75, 3.05) is 19.6 Å². The van der Waals surface area contributed by atoms with Gasteiger partial charge in [0.25, 0.3) is 0 Å². The van der Waals surface area contributed by atoms with Crippen LogP contribution in [0, 0.1) is 24.2 Å². The van der Waals surface area contributed by atoms with Crippen molar-refractivity contribution >= 4 is 5.78 Å². The van der Waals surface area contributed by atoms with Gasteiger partial charge in [-0.2, -0.15) is 0 Å². The number of Topliss-reactive ketones (excluding diaryl/α,β-unsaturated/α-hetero) is 1. The summed E-state index contributed by atoms with van der Waals surface area (Å²) in [6, 6.07) is 9.28. The molecule has 1 aromatic rings. The van der Waals surface area contributed by atoms with Gasteiger partial charge in [0.05, 0.1) is 13.1 Å². The first-order valence-corrected chi connectivity index (χ1v) is 11.4. The molecule has 2 unspecified atom stereocenters. The van der Waals surface area contributed by atoms with Gasteiger partial charge in [-0.25, -0.2) is 0 Å². The first-order chi connectivity index (χ1) is 13.0. The molecule has 0 saturated heterocycles. The largest absolute Gasteiger partial charge is 0.329 e. The average Bonchev–Trinajstić information content (AvgIpc) is 2.61. The number of carbonyl (C=O) groups excluding carboxylic acids is 1. The van der Waals surface area contributed by atoms with Gasteiger partial charge >= 0.3 is 0 Å². The van der Waals surface area contributed by atoms with E-state index in [0.717, 1.165) is 37.9 Å². The summed E-state index contributed by atoms with van der Waals surface area (Å²) in [7, 11) is 0. The minimum atomic E-state index is -0.0122. The van der Waals surface area contributed by atoms with E-state index >= 15 is 0 Å². The van der Waals surface area contributed by atoms with Gasteiger partial charge < -0.3 is 4.90 Å². The first-order valence-electron chi connectivity index (χ1n) is 11.4. The Balaban J connectivity index is 1.59. The normalized spacial score (nSPS) is 34.4. The van der Waals surface area contributed by atoms with E-state index in [-0.39, 0.29) is 10.8 Å². The molecule has 2 heteroatoms. The Labute approximate surface area is 165 Å². The maximum Gasteiger partial charge on any atom is 0.192 e. The van der Waals surface area contributed by atoms with E-state index in [9.17, 15) is 4.79 Å². The topological polar surface area (TPSA) is 21.5 Å². The monoisotopic (exact) mass is 368 g/mol. The number of quaternary nitrogens is 1. The summed E-state index contributed by atoms with van der Waals surface area (Å²) in [5.74, 6) is 2.15. The SMILES string of the molecule is CCC[NH+](CCC)CC(=O)C12CC3CC(C1)CC(c1ccc(C)cc1)(C3)C2. The predicted molar refractivity (Wildman–Crippen MR) is 111 cm³/mol. The highest BCUT2D eigenvalue weighted by Gasteiger charge is 2.61. The second kappa shape index (κ2) is 7.35. The Morgan fingerprint density at radius 1 is 1.00 bits per heavy atom. The first kappa shape index (κ1) is 19.2. The number of hydrogen-bond donors (Lipinski definition) is 1. The molecular formula is C25H38NO+.